The number of carbonyl (C=O) groups excluding carboxylic acids is 3. The molecule has 180 valence electrons. The molecule has 0 aliphatic rings. The van der Waals surface area contributed by atoms with Crippen LogP contribution in [0.4, 0.5) is 5.69 Å². The van der Waals surface area contributed by atoms with Gasteiger partial charge in [-0.15, -0.1) is 0 Å². The summed E-state index contributed by atoms with van der Waals surface area (Å²) >= 11 is 6.10. The maximum Gasteiger partial charge on any atom is 0.273 e. The minimum absolute atomic E-state index is 0.220. The highest BCUT2D eigenvalue weighted by molar-refractivity contribution is 6.34. The van der Waals surface area contributed by atoms with Crippen LogP contribution in [-0.4, -0.2) is 37.1 Å². The molecule has 3 aromatic carbocycles. The second-order valence-corrected chi connectivity index (χ2v) is 7.65. The molecular formula is C25H23ClN4O5. The first-order chi connectivity index (χ1) is 16.8. The van der Waals surface area contributed by atoms with E-state index in [1.165, 1.54) is 7.11 Å². The van der Waals surface area contributed by atoms with Crippen molar-refractivity contribution in [3.8, 4) is 11.5 Å². The number of halogens is 1. The Morgan fingerprint density at radius 2 is 1.63 bits per heavy atom. The Labute approximate surface area is 206 Å². The number of para-hydroxylation sites is 1. The second kappa shape index (κ2) is 11.7. The van der Waals surface area contributed by atoms with E-state index in [4.69, 9.17) is 26.8 Å². The third-order valence-corrected chi connectivity index (χ3v) is 5.14. The Bertz CT molecular complexity index is 1290. The normalized spacial score (nSPS) is 10.9. The van der Waals surface area contributed by atoms with Crippen LogP contribution >= 0.6 is 11.6 Å². The molecule has 0 saturated heterocycles. The lowest BCUT2D eigenvalue weighted by molar-refractivity contribution is -0.119. The average Bonchev–Trinajstić information content (AvgIpc) is 2.86. The maximum absolute atomic E-state index is 12.8. The van der Waals surface area contributed by atoms with Gasteiger partial charge in [0.1, 0.15) is 0 Å². The molecule has 4 N–H and O–H groups in total. The van der Waals surface area contributed by atoms with Gasteiger partial charge in [-0.25, -0.2) is 5.43 Å². The van der Waals surface area contributed by atoms with Gasteiger partial charge >= 0.3 is 0 Å². The molecular weight excluding hydrogens is 472 g/mol. The lowest BCUT2D eigenvalue weighted by Gasteiger charge is -2.12. The number of rotatable bonds is 9. The van der Waals surface area contributed by atoms with Crippen molar-refractivity contribution in [3.05, 3.63) is 88.4 Å². The molecule has 0 fully saturated rings. The van der Waals surface area contributed by atoms with Crippen molar-refractivity contribution in [3.63, 3.8) is 0 Å². The van der Waals surface area contributed by atoms with Gasteiger partial charge in [-0.3, -0.25) is 14.4 Å². The first-order valence-electron chi connectivity index (χ1n) is 10.4. The Morgan fingerprint density at radius 3 is 2.31 bits per heavy atom. The number of anilines is 1. The Kier molecular flexibility index (Phi) is 8.42. The van der Waals surface area contributed by atoms with Crippen LogP contribution < -0.4 is 25.9 Å². The fraction of sp³-hybridized carbons (Fsp3) is 0.120. The van der Waals surface area contributed by atoms with Crippen LogP contribution in [0.5, 0.6) is 11.5 Å². The highest BCUT2D eigenvalue weighted by atomic mass is 35.5. The van der Waals surface area contributed by atoms with E-state index < -0.39 is 17.7 Å². The number of amides is 3. The van der Waals surface area contributed by atoms with Gasteiger partial charge in [0.05, 0.1) is 34.7 Å². The van der Waals surface area contributed by atoms with Crippen molar-refractivity contribution in [2.75, 3.05) is 19.0 Å². The minimum atomic E-state index is -0.611. The molecule has 0 heterocycles. The first kappa shape index (κ1) is 25.3. The largest absolute Gasteiger partial charge is 0.493 e. The monoisotopic (exact) mass is 494 g/mol. The van der Waals surface area contributed by atoms with Gasteiger partial charge in [0.2, 0.25) is 0 Å². The van der Waals surface area contributed by atoms with Crippen molar-refractivity contribution in [1.29, 1.82) is 0 Å². The van der Waals surface area contributed by atoms with Crippen molar-refractivity contribution >= 4 is 40.7 Å². The van der Waals surface area contributed by atoms with Gasteiger partial charge in [-0.2, -0.15) is 5.10 Å². The fourth-order valence-corrected chi connectivity index (χ4v) is 3.27. The molecule has 35 heavy (non-hydrogen) atoms. The van der Waals surface area contributed by atoms with Crippen LogP contribution in [0.1, 0.15) is 33.2 Å². The molecule has 0 aliphatic heterocycles. The van der Waals surface area contributed by atoms with Crippen molar-refractivity contribution in [2.45, 2.75) is 6.92 Å². The molecule has 0 spiro atoms. The number of hydrogen-bond donors (Lipinski definition) is 3. The van der Waals surface area contributed by atoms with Gasteiger partial charge in [-0.1, -0.05) is 35.9 Å². The number of primary amides is 1. The van der Waals surface area contributed by atoms with Crippen LogP contribution in [0.3, 0.4) is 0 Å². The van der Waals surface area contributed by atoms with E-state index in [1.807, 2.05) is 0 Å². The molecule has 9 nitrogen and oxygen atoms in total. The maximum atomic E-state index is 12.8. The highest BCUT2D eigenvalue weighted by Gasteiger charge is 2.16. The molecule has 0 aromatic heterocycles. The third kappa shape index (κ3) is 6.58. The molecule has 3 aromatic rings. The number of carbonyl (C=O) groups is 3. The molecule has 0 saturated carbocycles. The van der Waals surface area contributed by atoms with E-state index in [2.05, 4.69) is 15.8 Å². The summed E-state index contributed by atoms with van der Waals surface area (Å²) in [7, 11) is 1.46. The van der Waals surface area contributed by atoms with Gasteiger partial charge in [0, 0.05) is 5.56 Å². The standard InChI is InChI=1S/C25H23ClN4O5/c1-15(16-11-12-21(22(13-16)34-2)35-14-23(27)31)29-30-25(33)18-8-4-6-10-20(18)28-24(32)17-7-3-5-9-19(17)26/h3-13H,14H2,1-2H3,(H2,27,31)(H,28,32)(H,30,33). The number of hydrazone groups is 1. The summed E-state index contributed by atoms with van der Waals surface area (Å²) in [6.45, 7) is 1.41. The van der Waals surface area contributed by atoms with E-state index in [0.717, 1.165) is 0 Å². The Balaban J connectivity index is 1.75. The number of nitrogens with two attached hydrogens (primary N) is 1. The quantitative estimate of drug-likeness (QED) is 0.309. The van der Waals surface area contributed by atoms with Crippen molar-refractivity contribution < 1.29 is 23.9 Å². The predicted molar refractivity (Wildman–Crippen MR) is 133 cm³/mol. The van der Waals surface area contributed by atoms with E-state index in [0.29, 0.717) is 33.5 Å². The van der Waals surface area contributed by atoms with Gasteiger partial charge in [0.15, 0.2) is 18.1 Å². The zero-order chi connectivity index (χ0) is 25.4. The third-order valence-electron chi connectivity index (χ3n) is 4.81. The van der Waals surface area contributed by atoms with E-state index in [9.17, 15) is 14.4 Å². The molecule has 3 amide bonds. The Hall–Kier alpha value is -4.37. The molecule has 0 atom stereocenters. The van der Waals surface area contributed by atoms with Crippen molar-refractivity contribution in [2.24, 2.45) is 10.8 Å². The fourth-order valence-electron chi connectivity index (χ4n) is 3.05. The zero-order valence-corrected chi connectivity index (χ0v) is 19.8. The van der Waals surface area contributed by atoms with Crippen LogP contribution in [0.25, 0.3) is 0 Å². The smallest absolute Gasteiger partial charge is 0.273 e. The predicted octanol–water partition coefficient (Wildman–Crippen LogP) is 3.62. The summed E-state index contributed by atoms with van der Waals surface area (Å²) in [6.07, 6.45) is 0. The molecule has 0 radical (unpaired) electrons. The Morgan fingerprint density at radius 1 is 0.943 bits per heavy atom. The number of methoxy groups -OCH3 is 1. The number of nitrogens with one attached hydrogen (secondary N) is 2. The van der Waals surface area contributed by atoms with Gasteiger partial charge < -0.3 is 20.5 Å². The van der Waals surface area contributed by atoms with Crippen molar-refractivity contribution in [1.82, 2.24) is 5.43 Å². The van der Waals surface area contributed by atoms with E-state index in [-0.39, 0.29) is 17.7 Å². The highest BCUT2D eigenvalue weighted by Crippen LogP contribution is 2.28. The molecule has 10 heteroatoms. The van der Waals surface area contributed by atoms with Crippen LogP contribution in [0.2, 0.25) is 5.02 Å². The molecule has 0 unspecified atom stereocenters. The van der Waals surface area contributed by atoms with Gasteiger partial charge in [-0.05, 0) is 49.4 Å². The van der Waals surface area contributed by atoms with E-state index in [1.54, 1.807) is 73.7 Å². The number of benzene rings is 3. The lowest BCUT2D eigenvalue weighted by Crippen LogP contribution is -2.22. The summed E-state index contributed by atoms with van der Waals surface area (Å²) < 4.78 is 10.6. The van der Waals surface area contributed by atoms with Crippen LogP contribution in [0, 0.1) is 0 Å². The summed E-state index contributed by atoms with van der Waals surface area (Å²) in [5.41, 5.74) is 9.54. The van der Waals surface area contributed by atoms with E-state index >= 15 is 0 Å². The average molecular weight is 495 g/mol. The minimum Gasteiger partial charge on any atom is -0.493 e. The summed E-state index contributed by atoms with van der Waals surface area (Å²) in [5.74, 6) is -0.860. The number of hydrogen-bond acceptors (Lipinski definition) is 6. The van der Waals surface area contributed by atoms with Gasteiger partial charge in [0.25, 0.3) is 17.7 Å². The second-order valence-electron chi connectivity index (χ2n) is 7.24. The van der Waals surface area contributed by atoms with Crippen LogP contribution in [-0.2, 0) is 4.79 Å². The topological polar surface area (TPSA) is 132 Å². The molecule has 0 aliphatic carbocycles. The summed E-state index contributed by atoms with van der Waals surface area (Å²) in [5, 5.41) is 7.17. The lowest BCUT2D eigenvalue weighted by atomic mass is 10.1. The van der Waals surface area contributed by atoms with Crippen LogP contribution in [0.15, 0.2) is 71.8 Å². The summed E-state index contributed by atoms with van der Waals surface area (Å²) in [6, 6.07) is 18.1. The number of ether oxygens (including phenoxy) is 2. The number of nitrogens with zero attached hydrogens (tertiary/aromatic N) is 1. The SMILES string of the molecule is COc1cc(C(C)=NNC(=O)c2ccccc2NC(=O)c2ccccc2Cl)ccc1OCC(N)=O. The zero-order valence-electron chi connectivity index (χ0n) is 19.0. The molecule has 3 rings (SSSR count). The summed E-state index contributed by atoms with van der Waals surface area (Å²) in [4.78, 5) is 36.4. The molecule has 0 bridgehead atoms. The first-order valence-corrected chi connectivity index (χ1v) is 10.8.